The second-order valence-electron chi connectivity index (χ2n) is 6.71. The van der Waals surface area contributed by atoms with Crippen LogP contribution in [0.3, 0.4) is 0 Å². The Hall–Kier alpha value is -0.643. The van der Waals surface area contributed by atoms with Crippen molar-refractivity contribution in [3.63, 3.8) is 0 Å². The number of esters is 1. The molecule has 94 valence electrons. The maximum Gasteiger partial charge on any atom is 0.369 e. The molecule has 0 atom stereocenters. The molecule has 0 aromatic rings. The Morgan fingerprint density at radius 2 is 1.31 bits per heavy atom. The summed E-state index contributed by atoms with van der Waals surface area (Å²) in [6.07, 6.45) is 0. The summed E-state index contributed by atoms with van der Waals surface area (Å²) in [5.41, 5.74) is -0.602. The van der Waals surface area contributed by atoms with Crippen molar-refractivity contribution in [3.8, 4) is 0 Å². The van der Waals surface area contributed by atoms with Crippen LogP contribution in [0.2, 0.25) is 18.1 Å². The van der Waals surface area contributed by atoms with Gasteiger partial charge in [0.1, 0.15) is 13.7 Å². The fourth-order valence-corrected chi connectivity index (χ4v) is 2.16. The van der Waals surface area contributed by atoms with Crippen molar-refractivity contribution in [1.82, 2.24) is 0 Å². The SMILES string of the molecule is CC(C)(C)OC(=O)C(=O)[Si](C)(C)C(C)(C)C. The minimum absolute atomic E-state index is 0.138. The van der Waals surface area contributed by atoms with Crippen molar-refractivity contribution in [2.45, 2.75) is 65.3 Å². The smallest absolute Gasteiger partial charge is 0.369 e. The molecule has 0 unspecified atom stereocenters. The maximum atomic E-state index is 12.1. The second kappa shape index (κ2) is 4.32. The van der Waals surface area contributed by atoms with Crippen molar-refractivity contribution in [2.75, 3.05) is 0 Å². The molecular weight excluding hydrogens is 220 g/mol. The van der Waals surface area contributed by atoms with Gasteiger partial charge >= 0.3 is 5.97 Å². The van der Waals surface area contributed by atoms with Gasteiger partial charge in [-0.1, -0.05) is 33.9 Å². The maximum absolute atomic E-state index is 12.1. The van der Waals surface area contributed by atoms with E-state index in [-0.39, 0.29) is 10.4 Å². The van der Waals surface area contributed by atoms with E-state index in [2.05, 4.69) is 0 Å². The number of hydrogen-bond acceptors (Lipinski definition) is 3. The lowest BCUT2D eigenvalue weighted by atomic mass is 10.2. The first-order valence-electron chi connectivity index (χ1n) is 5.57. The van der Waals surface area contributed by atoms with Gasteiger partial charge in [0.2, 0.25) is 5.41 Å². The summed E-state index contributed by atoms with van der Waals surface area (Å²) in [7, 11) is -2.28. The lowest BCUT2D eigenvalue weighted by Crippen LogP contribution is -2.51. The molecule has 0 fully saturated rings. The average Bonchev–Trinajstić information content (AvgIpc) is 1.97. The molecular formula is C12H24O3Si. The normalized spacial score (nSPS) is 13.5. The molecule has 0 spiro atoms. The zero-order chi connectivity index (χ0) is 13.4. The Labute approximate surface area is 99.6 Å². The molecule has 3 nitrogen and oxygen atoms in total. The van der Waals surface area contributed by atoms with Crippen LogP contribution in [0.4, 0.5) is 0 Å². The van der Waals surface area contributed by atoms with E-state index in [0.717, 1.165) is 0 Å². The van der Waals surface area contributed by atoms with Crippen molar-refractivity contribution in [1.29, 1.82) is 0 Å². The zero-order valence-corrected chi connectivity index (χ0v) is 12.7. The fraction of sp³-hybridized carbons (Fsp3) is 0.833. The third kappa shape index (κ3) is 3.74. The monoisotopic (exact) mass is 244 g/mol. The van der Waals surface area contributed by atoms with Crippen molar-refractivity contribution < 1.29 is 14.3 Å². The Morgan fingerprint density at radius 3 is 1.56 bits per heavy atom. The molecule has 0 aromatic carbocycles. The lowest BCUT2D eigenvalue weighted by molar-refractivity contribution is -0.159. The van der Waals surface area contributed by atoms with Gasteiger partial charge in [0.15, 0.2) is 0 Å². The first-order valence-corrected chi connectivity index (χ1v) is 8.57. The third-order valence-corrected chi connectivity index (χ3v) is 8.12. The van der Waals surface area contributed by atoms with E-state index in [1.54, 1.807) is 20.8 Å². The molecule has 0 saturated carbocycles. The van der Waals surface area contributed by atoms with Gasteiger partial charge in [-0.3, -0.25) is 4.79 Å². The molecule has 0 saturated heterocycles. The molecule has 0 rings (SSSR count). The molecule has 0 heterocycles. The van der Waals surface area contributed by atoms with Crippen LogP contribution in [0.25, 0.3) is 0 Å². The number of rotatable bonds is 2. The second-order valence-corrected chi connectivity index (χ2v) is 11.9. The van der Waals surface area contributed by atoms with Crippen molar-refractivity contribution in [2.24, 2.45) is 0 Å². The van der Waals surface area contributed by atoms with Gasteiger partial charge in [-0.2, -0.15) is 0 Å². The minimum Gasteiger partial charge on any atom is -0.455 e. The van der Waals surface area contributed by atoms with E-state index in [1.807, 2.05) is 33.9 Å². The van der Waals surface area contributed by atoms with Crippen LogP contribution in [-0.4, -0.2) is 25.1 Å². The molecule has 0 aliphatic heterocycles. The number of hydrogen-bond donors (Lipinski definition) is 0. The lowest BCUT2D eigenvalue weighted by Gasteiger charge is -2.34. The van der Waals surface area contributed by atoms with Crippen molar-refractivity contribution >= 4 is 19.4 Å². The molecule has 0 amide bonds. The number of carbonyl (C=O) groups is 2. The highest BCUT2D eigenvalue weighted by molar-refractivity contribution is 7.13. The Balaban J connectivity index is 4.89. The van der Waals surface area contributed by atoms with Crippen LogP contribution in [0.1, 0.15) is 41.5 Å². The quantitative estimate of drug-likeness (QED) is 0.426. The summed E-state index contributed by atoms with van der Waals surface area (Å²) < 4.78 is 5.13. The molecule has 0 N–H and O–H groups in total. The van der Waals surface area contributed by atoms with E-state index in [9.17, 15) is 9.59 Å². The molecule has 16 heavy (non-hydrogen) atoms. The summed E-state index contributed by atoms with van der Waals surface area (Å²) in [6, 6.07) is 0. The van der Waals surface area contributed by atoms with E-state index in [0.29, 0.717) is 0 Å². The topological polar surface area (TPSA) is 43.4 Å². The largest absolute Gasteiger partial charge is 0.455 e. The first kappa shape index (κ1) is 15.4. The molecule has 0 aliphatic carbocycles. The van der Waals surface area contributed by atoms with E-state index in [4.69, 9.17) is 4.74 Å². The van der Waals surface area contributed by atoms with Gasteiger partial charge in [-0.15, -0.1) is 0 Å². The predicted molar refractivity (Wildman–Crippen MR) is 68.0 cm³/mol. The van der Waals surface area contributed by atoms with Crippen LogP contribution in [0.15, 0.2) is 0 Å². The Kier molecular flexibility index (Phi) is 4.14. The molecule has 0 radical (unpaired) electrons. The van der Waals surface area contributed by atoms with Gasteiger partial charge in [0.25, 0.3) is 0 Å². The fourth-order valence-electron chi connectivity index (χ4n) is 0.920. The summed E-state index contributed by atoms with van der Waals surface area (Å²) in [4.78, 5) is 23.8. The summed E-state index contributed by atoms with van der Waals surface area (Å²) >= 11 is 0. The van der Waals surface area contributed by atoms with Gasteiger partial charge in [0, 0.05) is 0 Å². The predicted octanol–water partition coefficient (Wildman–Crippen LogP) is 2.94. The van der Waals surface area contributed by atoms with Gasteiger partial charge < -0.3 is 4.74 Å². The van der Waals surface area contributed by atoms with Crippen LogP contribution in [0, 0.1) is 0 Å². The van der Waals surface area contributed by atoms with Crippen LogP contribution in [0.5, 0.6) is 0 Å². The Morgan fingerprint density at radius 1 is 0.938 bits per heavy atom. The van der Waals surface area contributed by atoms with Crippen LogP contribution < -0.4 is 0 Å². The van der Waals surface area contributed by atoms with Crippen molar-refractivity contribution in [3.05, 3.63) is 0 Å². The Bertz CT molecular complexity index is 292. The highest BCUT2D eigenvalue weighted by Crippen LogP contribution is 2.36. The van der Waals surface area contributed by atoms with Gasteiger partial charge in [-0.05, 0) is 25.8 Å². The molecule has 0 bridgehead atoms. The summed E-state index contributed by atoms with van der Waals surface area (Å²) in [6.45, 7) is 15.1. The van der Waals surface area contributed by atoms with E-state index in [1.165, 1.54) is 0 Å². The first-order chi connectivity index (χ1) is 6.79. The van der Waals surface area contributed by atoms with Crippen LogP contribution in [-0.2, 0) is 14.3 Å². The van der Waals surface area contributed by atoms with E-state index >= 15 is 0 Å². The van der Waals surface area contributed by atoms with Gasteiger partial charge in [0.05, 0.1) is 0 Å². The summed E-state index contributed by atoms with van der Waals surface area (Å²) in [5.74, 6) is -0.681. The molecule has 4 heteroatoms. The molecule has 0 aromatic heterocycles. The highest BCUT2D eigenvalue weighted by Gasteiger charge is 2.46. The minimum atomic E-state index is -2.28. The highest BCUT2D eigenvalue weighted by atomic mass is 28.3. The number of carbonyl (C=O) groups excluding carboxylic acids is 2. The zero-order valence-electron chi connectivity index (χ0n) is 11.7. The molecule has 0 aliphatic rings. The van der Waals surface area contributed by atoms with Crippen LogP contribution >= 0.6 is 0 Å². The number of ether oxygens (including phenoxy) is 1. The third-order valence-electron chi connectivity index (χ3n) is 3.03. The average molecular weight is 244 g/mol. The standard InChI is InChI=1S/C12H24O3Si/c1-11(2,3)15-9(13)10(14)16(7,8)12(4,5)6/h1-8H3. The van der Waals surface area contributed by atoms with E-state index < -0.39 is 19.6 Å². The summed E-state index contributed by atoms with van der Waals surface area (Å²) in [5, 5.41) is -0.462. The van der Waals surface area contributed by atoms with Gasteiger partial charge in [-0.25, -0.2) is 4.79 Å².